The summed E-state index contributed by atoms with van der Waals surface area (Å²) in [5.41, 5.74) is 3.64. The molecule has 4 heteroatoms. The first kappa shape index (κ1) is 14.1. The second kappa shape index (κ2) is 6.22. The summed E-state index contributed by atoms with van der Waals surface area (Å²) < 4.78 is 0. The SMILES string of the molecule is C=C(Cl)/C=C\C(=C/C)[C@H]1N[C@@H](CC)Cc2[nH]ncc21. The van der Waals surface area contributed by atoms with Gasteiger partial charge in [-0.05, 0) is 25.0 Å². The normalized spacial score (nSPS) is 23.6. The average molecular weight is 278 g/mol. The minimum atomic E-state index is 0.171. The molecule has 0 amide bonds. The Balaban J connectivity index is 2.30. The summed E-state index contributed by atoms with van der Waals surface area (Å²) in [5.74, 6) is 0. The third-order valence-corrected chi connectivity index (χ3v) is 3.66. The topological polar surface area (TPSA) is 40.7 Å². The van der Waals surface area contributed by atoms with Crippen LogP contribution in [0.3, 0.4) is 0 Å². The van der Waals surface area contributed by atoms with E-state index in [4.69, 9.17) is 11.6 Å². The van der Waals surface area contributed by atoms with E-state index in [2.05, 4.69) is 35.1 Å². The first-order valence-electron chi connectivity index (χ1n) is 6.62. The van der Waals surface area contributed by atoms with Gasteiger partial charge in [0.05, 0.1) is 12.2 Å². The van der Waals surface area contributed by atoms with E-state index in [1.54, 1.807) is 0 Å². The molecular formula is C15H20ClN3. The average Bonchev–Trinajstić information content (AvgIpc) is 2.86. The largest absolute Gasteiger partial charge is 0.303 e. The highest BCUT2D eigenvalue weighted by Crippen LogP contribution is 2.30. The van der Waals surface area contributed by atoms with Gasteiger partial charge in [-0.15, -0.1) is 0 Å². The second-order valence-corrected chi connectivity index (χ2v) is 5.27. The summed E-state index contributed by atoms with van der Waals surface area (Å²) in [7, 11) is 0. The lowest BCUT2D eigenvalue weighted by atomic mass is 9.90. The van der Waals surface area contributed by atoms with Gasteiger partial charge in [-0.25, -0.2) is 0 Å². The number of aromatic nitrogens is 2. The molecule has 102 valence electrons. The molecule has 19 heavy (non-hydrogen) atoms. The fourth-order valence-corrected chi connectivity index (χ4v) is 2.51. The molecule has 2 rings (SSSR count). The van der Waals surface area contributed by atoms with Crippen molar-refractivity contribution in [1.82, 2.24) is 15.5 Å². The van der Waals surface area contributed by atoms with Gasteiger partial charge in [0.1, 0.15) is 0 Å². The molecule has 0 radical (unpaired) electrons. The predicted octanol–water partition coefficient (Wildman–Crippen LogP) is 3.63. The third-order valence-electron chi connectivity index (χ3n) is 3.53. The van der Waals surface area contributed by atoms with Gasteiger partial charge in [0, 0.05) is 28.8 Å². The van der Waals surface area contributed by atoms with E-state index in [1.165, 1.54) is 16.8 Å². The molecule has 1 aliphatic rings. The summed E-state index contributed by atoms with van der Waals surface area (Å²) in [5, 5.41) is 11.5. The fraction of sp³-hybridized carbons (Fsp3) is 0.400. The number of H-pyrrole nitrogens is 1. The lowest BCUT2D eigenvalue weighted by molar-refractivity contribution is 0.424. The molecule has 0 saturated carbocycles. The van der Waals surface area contributed by atoms with Crippen molar-refractivity contribution < 1.29 is 0 Å². The molecule has 0 unspecified atom stereocenters. The molecule has 1 aromatic rings. The van der Waals surface area contributed by atoms with E-state index in [0.717, 1.165) is 12.8 Å². The maximum Gasteiger partial charge on any atom is 0.0609 e. The molecule has 2 N–H and O–H groups in total. The summed E-state index contributed by atoms with van der Waals surface area (Å²) in [6, 6.07) is 0.644. The standard InChI is InChI=1S/C15H20ClN3/c1-4-11(7-6-10(3)16)15-13-9-17-19-14(13)8-12(5-2)18-15/h4,6-7,9,12,15,18H,3,5,8H2,1-2H3,(H,17,19)/b7-6-,11-4+/t12-,15+/m0/s1. The van der Waals surface area contributed by atoms with Crippen LogP contribution >= 0.6 is 11.6 Å². The molecule has 1 aliphatic heterocycles. The first-order valence-corrected chi connectivity index (χ1v) is 7.00. The van der Waals surface area contributed by atoms with E-state index < -0.39 is 0 Å². The molecule has 0 fully saturated rings. The molecular weight excluding hydrogens is 258 g/mol. The number of rotatable bonds is 4. The van der Waals surface area contributed by atoms with Crippen molar-refractivity contribution in [2.75, 3.05) is 0 Å². The Hall–Kier alpha value is -1.32. The summed E-state index contributed by atoms with van der Waals surface area (Å²) in [4.78, 5) is 0. The Morgan fingerprint density at radius 2 is 2.37 bits per heavy atom. The van der Waals surface area contributed by atoms with Crippen LogP contribution in [0.4, 0.5) is 0 Å². The van der Waals surface area contributed by atoms with Gasteiger partial charge in [-0.3, -0.25) is 5.10 Å². The Kier molecular flexibility index (Phi) is 4.61. The molecule has 0 spiro atoms. The molecule has 0 aliphatic carbocycles. The van der Waals surface area contributed by atoms with Crippen molar-refractivity contribution >= 4 is 11.6 Å². The zero-order chi connectivity index (χ0) is 13.8. The van der Waals surface area contributed by atoms with Crippen molar-refractivity contribution in [3.05, 3.63) is 52.9 Å². The minimum Gasteiger partial charge on any atom is -0.303 e. The van der Waals surface area contributed by atoms with Crippen LogP contribution in [0.5, 0.6) is 0 Å². The van der Waals surface area contributed by atoms with Gasteiger partial charge in [-0.1, -0.05) is 37.3 Å². The van der Waals surface area contributed by atoms with Gasteiger partial charge >= 0.3 is 0 Å². The van der Waals surface area contributed by atoms with Crippen molar-refractivity contribution in [3.63, 3.8) is 0 Å². The third kappa shape index (κ3) is 3.17. The lowest BCUT2D eigenvalue weighted by Gasteiger charge is -2.31. The van der Waals surface area contributed by atoms with Gasteiger partial charge in [0.2, 0.25) is 0 Å². The molecule has 0 saturated heterocycles. The summed E-state index contributed by atoms with van der Waals surface area (Å²) >= 11 is 5.81. The fourth-order valence-electron chi connectivity index (χ4n) is 2.45. The van der Waals surface area contributed by atoms with Crippen LogP contribution in [0.1, 0.15) is 37.6 Å². The second-order valence-electron chi connectivity index (χ2n) is 4.78. The Bertz CT molecular complexity index is 513. The molecule has 3 nitrogen and oxygen atoms in total. The monoisotopic (exact) mass is 277 g/mol. The van der Waals surface area contributed by atoms with Gasteiger partial charge in [0.25, 0.3) is 0 Å². The number of fused-ring (bicyclic) bond motifs is 1. The van der Waals surface area contributed by atoms with Crippen LogP contribution in [0.25, 0.3) is 0 Å². The van der Waals surface area contributed by atoms with Crippen molar-refractivity contribution in [3.8, 4) is 0 Å². The summed E-state index contributed by atoms with van der Waals surface area (Å²) in [6.45, 7) is 7.92. The highest BCUT2D eigenvalue weighted by atomic mass is 35.5. The van der Waals surface area contributed by atoms with Gasteiger partial charge in [-0.2, -0.15) is 5.10 Å². The maximum atomic E-state index is 5.81. The molecule has 2 heterocycles. The molecule has 0 aromatic carbocycles. The van der Waals surface area contributed by atoms with E-state index >= 15 is 0 Å². The van der Waals surface area contributed by atoms with Crippen LogP contribution < -0.4 is 5.32 Å². The Morgan fingerprint density at radius 1 is 1.58 bits per heavy atom. The minimum absolute atomic E-state index is 0.171. The number of hydrogen-bond donors (Lipinski definition) is 2. The number of nitrogens with one attached hydrogen (secondary N) is 2. The number of allylic oxidation sites excluding steroid dienone is 3. The quantitative estimate of drug-likeness (QED) is 0.825. The maximum absolute atomic E-state index is 5.81. The number of aromatic amines is 1. The highest BCUT2D eigenvalue weighted by Gasteiger charge is 2.28. The van der Waals surface area contributed by atoms with Crippen LogP contribution in [0.15, 0.2) is 41.6 Å². The Labute approximate surface area is 119 Å². The van der Waals surface area contributed by atoms with Crippen LogP contribution in [0, 0.1) is 0 Å². The van der Waals surface area contributed by atoms with E-state index in [1.807, 2.05) is 25.3 Å². The van der Waals surface area contributed by atoms with E-state index in [-0.39, 0.29) is 6.04 Å². The van der Waals surface area contributed by atoms with Crippen molar-refractivity contribution in [1.29, 1.82) is 0 Å². The van der Waals surface area contributed by atoms with Crippen molar-refractivity contribution in [2.24, 2.45) is 0 Å². The zero-order valence-corrected chi connectivity index (χ0v) is 12.2. The van der Waals surface area contributed by atoms with E-state index in [0.29, 0.717) is 11.1 Å². The zero-order valence-electron chi connectivity index (χ0n) is 11.4. The summed E-state index contributed by atoms with van der Waals surface area (Å²) in [6.07, 6.45) is 9.95. The number of nitrogens with zero attached hydrogens (tertiary/aromatic N) is 1. The smallest absolute Gasteiger partial charge is 0.0609 e. The van der Waals surface area contributed by atoms with Crippen LogP contribution in [0.2, 0.25) is 0 Å². The van der Waals surface area contributed by atoms with E-state index in [9.17, 15) is 0 Å². The molecule has 2 atom stereocenters. The van der Waals surface area contributed by atoms with Gasteiger partial charge < -0.3 is 5.32 Å². The highest BCUT2D eigenvalue weighted by molar-refractivity contribution is 6.30. The van der Waals surface area contributed by atoms with Gasteiger partial charge in [0.15, 0.2) is 0 Å². The molecule has 1 aromatic heterocycles. The van der Waals surface area contributed by atoms with Crippen LogP contribution in [-0.2, 0) is 6.42 Å². The number of halogens is 1. The van der Waals surface area contributed by atoms with Crippen LogP contribution in [-0.4, -0.2) is 16.2 Å². The lowest BCUT2D eigenvalue weighted by Crippen LogP contribution is -2.39. The van der Waals surface area contributed by atoms with Crippen molar-refractivity contribution in [2.45, 2.75) is 38.8 Å². The number of hydrogen-bond acceptors (Lipinski definition) is 2. The first-order chi connectivity index (χ1) is 9.15. The predicted molar refractivity (Wildman–Crippen MR) is 80.1 cm³/mol. The molecule has 0 bridgehead atoms. The Morgan fingerprint density at radius 3 is 3.00 bits per heavy atom.